The molecular weight excluding hydrogens is 208 g/mol. The Morgan fingerprint density at radius 2 is 2.00 bits per heavy atom. The number of rotatable bonds is 4. The van der Waals surface area contributed by atoms with Crippen molar-refractivity contribution in [1.82, 2.24) is 10.2 Å². The maximum absolute atomic E-state index is 11.4. The standard InChI is InChI=1S/C11H20N2O3/c1-9(15)13-6-4-10(5-7-13)12-11(16)3-2-8-14/h10,14H,2-8H2,1H3,(H,12,16). The maximum atomic E-state index is 11.4. The van der Waals surface area contributed by atoms with Crippen LogP contribution < -0.4 is 5.32 Å². The van der Waals surface area contributed by atoms with E-state index in [0.29, 0.717) is 12.8 Å². The lowest BCUT2D eigenvalue weighted by molar-refractivity contribution is -0.130. The summed E-state index contributed by atoms with van der Waals surface area (Å²) in [6.07, 6.45) is 2.54. The molecule has 5 heteroatoms. The molecule has 1 saturated heterocycles. The first kappa shape index (κ1) is 13.0. The second kappa shape index (κ2) is 6.48. The van der Waals surface area contributed by atoms with E-state index in [1.807, 2.05) is 0 Å². The first-order chi connectivity index (χ1) is 7.63. The van der Waals surface area contributed by atoms with E-state index >= 15 is 0 Å². The van der Waals surface area contributed by atoms with Crippen molar-refractivity contribution in [2.45, 2.75) is 38.6 Å². The zero-order valence-electron chi connectivity index (χ0n) is 9.74. The molecule has 0 saturated carbocycles. The van der Waals surface area contributed by atoms with Gasteiger partial charge in [0.05, 0.1) is 0 Å². The Morgan fingerprint density at radius 1 is 1.38 bits per heavy atom. The fourth-order valence-electron chi connectivity index (χ4n) is 1.88. The Labute approximate surface area is 95.8 Å². The van der Waals surface area contributed by atoms with Gasteiger partial charge in [-0.3, -0.25) is 9.59 Å². The molecular formula is C11H20N2O3. The van der Waals surface area contributed by atoms with E-state index in [2.05, 4.69) is 5.32 Å². The largest absolute Gasteiger partial charge is 0.396 e. The molecule has 16 heavy (non-hydrogen) atoms. The molecule has 1 fully saturated rings. The summed E-state index contributed by atoms with van der Waals surface area (Å²) in [4.78, 5) is 24.3. The van der Waals surface area contributed by atoms with Gasteiger partial charge in [0.15, 0.2) is 0 Å². The van der Waals surface area contributed by atoms with E-state index in [4.69, 9.17) is 5.11 Å². The fourth-order valence-corrected chi connectivity index (χ4v) is 1.88. The van der Waals surface area contributed by atoms with Crippen molar-refractivity contribution in [3.63, 3.8) is 0 Å². The third-order valence-electron chi connectivity index (χ3n) is 2.87. The number of aliphatic hydroxyl groups is 1. The smallest absolute Gasteiger partial charge is 0.220 e. The van der Waals surface area contributed by atoms with E-state index in [1.165, 1.54) is 0 Å². The van der Waals surface area contributed by atoms with Crippen LogP contribution in [0, 0.1) is 0 Å². The van der Waals surface area contributed by atoms with Crippen LogP contribution >= 0.6 is 0 Å². The van der Waals surface area contributed by atoms with Gasteiger partial charge in [0.1, 0.15) is 0 Å². The van der Waals surface area contributed by atoms with Crippen molar-refractivity contribution in [2.24, 2.45) is 0 Å². The quantitative estimate of drug-likeness (QED) is 0.705. The molecule has 0 aromatic rings. The molecule has 0 aromatic heterocycles. The monoisotopic (exact) mass is 228 g/mol. The lowest BCUT2D eigenvalue weighted by Crippen LogP contribution is -2.45. The van der Waals surface area contributed by atoms with E-state index < -0.39 is 0 Å². The average Bonchev–Trinajstić information content (AvgIpc) is 2.27. The number of amides is 2. The van der Waals surface area contributed by atoms with Gasteiger partial charge in [0.25, 0.3) is 0 Å². The molecule has 0 radical (unpaired) electrons. The molecule has 92 valence electrons. The number of hydrogen-bond acceptors (Lipinski definition) is 3. The number of nitrogens with zero attached hydrogens (tertiary/aromatic N) is 1. The Balaban J connectivity index is 2.21. The summed E-state index contributed by atoms with van der Waals surface area (Å²) in [6.45, 7) is 3.07. The summed E-state index contributed by atoms with van der Waals surface area (Å²) in [5, 5.41) is 11.5. The Kier molecular flexibility index (Phi) is 5.25. The number of carbonyl (C=O) groups excluding carboxylic acids is 2. The molecule has 1 aliphatic heterocycles. The predicted octanol–water partition coefficient (Wildman–Crippen LogP) is -0.114. The van der Waals surface area contributed by atoms with Gasteiger partial charge in [-0.1, -0.05) is 0 Å². The molecule has 2 N–H and O–H groups in total. The highest BCUT2D eigenvalue weighted by Gasteiger charge is 2.21. The second-order valence-corrected chi connectivity index (χ2v) is 4.18. The number of piperidine rings is 1. The number of hydrogen-bond donors (Lipinski definition) is 2. The van der Waals surface area contributed by atoms with Crippen LogP contribution in [0.4, 0.5) is 0 Å². The van der Waals surface area contributed by atoms with Crippen LogP contribution in [0.2, 0.25) is 0 Å². The lowest BCUT2D eigenvalue weighted by atomic mass is 10.0. The summed E-state index contributed by atoms with van der Waals surface area (Å²) in [5.74, 6) is 0.0976. The molecule has 0 aliphatic carbocycles. The Morgan fingerprint density at radius 3 is 2.50 bits per heavy atom. The van der Waals surface area contributed by atoms with Crippen LogP contribution in [0.15, 0.2) is 0 Å². The molecule has 1 heterocycles. The van der Waals surface area contributed by atoms with Crippen molar-refractivity contribution >= 4 is 11.8 Å². The zero-order valence-corrected chi connectivity index (χ0v) is 9.74. The number of carbonyl (C=O) groups is 2. The molecule has 0 bridgehead atoms. The minimum atomic E-state index is -0.00433. The van der Waals surface area contributed by atoms with Gasteiger partial charge < -0.3 is 15.3 Å². The molecule has 1 aliphatic rings. The molecule has 0 atom stereocenters. The normalized spacial score (nSPS) is 17.2. The van der Waals surface area contributed by atoms with E-state index in [0.717, 1.165) is 25.9 Å². The summed E-state index contributed by atoms with van der Waals surface area (Å²) in [5.41, 5.74) is 0. The van der Waals surface area contributed by atoms with Crippen molar-refractivity contribution in [3.05, 3.63) is 0 Å². The van der Waals surface area contributed by atoms with E-state index in [9.17, 15) is 9.59 Å². The Hall–Kier alpha value is -1.10. The van der Waals surface area contributed by atoms with Gasteiger partial charge in [0, 0.05) is 39.1 Å². The SMILES string of the molecule is CC(=O)N1CCC(NC(=O)CCCO)CC1. The summed E-state index contributed by atoms with van der Waals surface area (Å²) < 4.78 is 0. The topological polar surface area (TPSA) is 69.6 Å². The van der Waals surface area contributed by atoms with Crippen LogP contribution in [0.3, 0.4) is 0 Å². The van der Waals surface area contributed by atoms with Crippen molar-refractivity contribution in [1.29, 1.82) is 0 Å². The van der Waals surface area contributed by atoms with E-state index in [1.54, 1.807) is 11.8 Å². The summed E-state index contributed by atoms with van der Waals surface area (Å²) >= 11 is 0. The molecule has 5 nitrogen and oxygen atoms in total. The van der Waals surface area contributed by atoms with Crippen LogP contribution in [-0.2, 0) is 9.59 Å². The number of likely N-dealkylation sites (tertiary alicyclic amines) is 1. The maximum Gasteiger partial charge on any atom is 0.220 e. The molecule has 0 spiro atoms. The van der Waals surface area contributed by atoms with Crippen molar-refractivity contribution in [3.8, 4) is 0 Å². The average molecular weight is 228 g/mol. The Bertz CT molecular complexity index is 248. The highest BCUT2D eigenvalue weighted by molar-refractivity contribution is 5.76. The summed E-state index contributed by atoms with van der Waals surface area (Å²) in [6, 6.07) is 0.182. The number of nitrogens with one attached hydrogen (secondary N) is 1. The van der Waals surface area contributed by atoms with Gasteiger partial charge in [-0.25, -0.2) is 0 Å². The van der Waals surface area contributed by atoms with Crippen molar-refractivity contribution in [2.75, 3.05) is 19.7 Å². The number of aliphatic hydroxyl groups excluding tert-OH is 1. The molecule has 0 unspecified atom stereocenters. The second-order valence-electron chi connectivity index (χ2n) is 4.18. The van der Waals surface area contributed by atoms with Gasteiger partial charge in [-0.2, -0.15) is 0 Å². The zero-order chi connectivity index (χ0) is 12.0. The van der Waals surface area contributed by atoms with E-state index in [-0.39, 0.29) is 24.5 Å². The highest BCUT2D eigenvalue weighted by Crippen LogP contribution is 2.10. The predicted molar refractivity (Wildman–Crippen MR) is 59.7 cm³/mol. The van der Waals surface area contributed by atoms with Gasteiger partial charge >= 0.3 is 0 Å². The van der Waals surface area contributed by atoms with Crippen molar-refractivity contribution < 1.29 is 14.7 Å². The van der Waals surface area contributed by atoms with Crippen LogP contribution in [0.25, 0.3) is 0 Å². The molecule has 0 aromatic carbocycles. The highest BCUT2D eigenvalue weighted by atomic mass is 16.3. The molecule has 2 amide bonds. The van der Waals surface area contributed by atoms with Crippen LogP contribution in [0.1, 0.15) is 32.6 Å². The van der Waals surface area contributed by atoms with Crippen LogP contribution in [-0.4, -0.2) is 47.6 Å². The minimum absolute atomic E-state index is 0.00433. The third kappa shape index (κ3) is 4.18. The first-order valence-electron chi connectivity index (χ1n) is 5.79. The minimum Gasteiger partial charge on any atom is -0.396 e. The van der Waals surface area contributed by atoms with Gasteiger partial charge in [0.2, 0.25) is 11.8 Å². The summed E-state index contributed by atoms with van der Waals surface area (Å²) in [7, 11) is 0. The van der Waals surface area contributed by atoms with Crippen LogP contribution in [0.5, 0.6) is 0 Å². The lowest BCUT2D eigenvalue weighted by Gasteiger charge is -2.31. The fraction of sp³-hybridized carbons (Fsp3) is 0.818. The third-order valence-corrected chi connectivity index (χ3v) is 2.87. The first-order valence-corrected chi connectivity index (χ1v) is 5.79. The van der Waals surface area contributed by atoms with Gasteiger partial charge in [-0.15, -0.1) is 0 Å². The van der Waals surface area contributed by atoms with Gasteiger partial charge in [-0.05, 0) is 19.3 Å². The molecule has 1 rings (SSSR count).